The van der Waals surface area contributed by atoms with Crippen molar-refractivity contribution >= 4 is 11.9 Å². The maximum Gasteiger partial charge on any atom is 0.333 e. The van der Waals surface area contributed by atoms with Gasteiger partial charge in [-0.05, 0) is 123 Å². The normalized spacial score (nSPS) is 51.4. The first-order chi connectivity index (χ1) is 63.9. The summed E-state index contributed by atoms with van der Waals surface area (Å²) in [6, 6.07) is 0. The molecule has 0 amide bonds. The molecule has 0 radical (unpaired) electrons. The fourth-order valence-corrected chi connectivity index (χ4v) is 23.5. The number of rotatable bonds is 28. The van der Waals surface area contributed by atoms with Gasteiger partial charge in [0, 0.05) is 5.57 Å². The summed E-state index contributed by atoms with van der Waals surface area (Å²) in [7, 11) is 0. The Morgan fingerprint density at radius 3 is 1.53 bits per heavy atom. The van der Waals surface area contributed by atoms with Gasteiger partial charge >= 0.3 is 11.9 Å². The highest BCUT2D eigenvalue weighted by molar-refractivity contribution is 5.88. The van der Waals surface area contributed by atoms with E-state index in [4.69, 9.17) is 90.0 Å². The van der Waals surface area contributed by atoms with Gasteiger partial charge in [-0.25, -0.2) is 4.79 Å². The van der Waals surface area contributed by atoms with Crippen LogP contribution in [0.5, 0.6) is 0 Å². The maximum absolute atomic E-state index is 16.7. The third kappa shape index (κ3) is 20.4. The van der Waals surface area contributed by atoms with Gasteiger partial charge in [0.2, 0.25) is 6.29 Å². The fraction of sp³-hybridized carbons (Fsp3) is 0.910. The highest BCUT2D eigenvalue weighted by Gasteiger charge is 2.74. The van der Waals surface area contributed by atoms with E-state index in [1.165, 1.54) is 26.0 Å². The monoisotopic (exact) mass is 1960 g/mol. The first-order valence-corrected chi connectivity index (χ1v) is 46.7. The summed E-state index contributed by atoms with van der Waals surface area (Å²) in [6.07, 6.45) is -70.2. The van der Waals surface area contributed by atoms with Gasteiger partial charge < -0.3 is 223 Å². The number of ether oxygens (including phenoxy) is 19. The smallest absolute Gasteiger partial charge is 0.333 e. The third-order valence-corrected chi connectivity index (χ3v) is 32.4. The summed E-state index contributed by atoms with van der Waals surface area (Å²) in [6.45, 7) is 14.6. The number of aliphatic hydroxyl groups is 26. The summed E-state index contributed by atoms with van der Waals surface area (Å²) in [5.74, 6) is -3.80. The molecule has 47 nitrogen and oxygen atoms in total. The molecule has 47 heteroatoms. The Morgan fingerprint density at radius 1 is 0.449 bits per heavy atom. The molecular formula is C89H142O47. The van der Waals surface area contributed by atoms with E-state index in [1.54, 1.807) is 0 Å². The first kappa shape index (κ1) is 108. The van der Waals surface area contributed by atoms with Crippen molar-refractivity contribution in [2.45, 2.75) is 396 Å². The van der Waals surface area contributed by atoms with Gasteiger partial charge in [0.05, 0.1) is 83.4 Å². The lowest BCUT2D eigenvalue weighted by molar-refractivity contribution is -0.372. The molecule has 9 aliphatic heterocycles. The molecule has 14 aliphatic rings. The SMILES string of the molecule is C=CC(C)(CCC=C(C)C(=O)OC1C(O)C(COC2OC(CO)C(O)C(O)C2O)OC(OC(=O)C23CC(O)C(C)(C)CC2C2=CCC4C5(C)CCC(OC6OC(COC7OCC(O)C(O)C7OC7OCC(O)C(O)C7O)C(O)C(O)C6O)C(C)(C)C5CCC4(C)C2(C)CC3O)C1OC1OCC(OC2OCC(O)C(OC3OCC(O)C(O)C3O)C2O)C(O)C1O)OC1OC(CO)C(O)C(O)C1O. The number of hydrogen-bond acceptors (Lipinski definition) is 47. The van der Waals surface area contributed by atoms with E-state index >= 15 is 9.59 Å². The van der Waals surface area contributed by atoms with Crippen molar-refractivity contribution in [1.82, 2.24) is 0 Å². The van der Waals surface area contributed by atoms with Crippen LogP contribution in [0.2, 0.25) is 0 Å². The zero-order chi connectivity index (χ0) is 99.4. The van der Waals surface area contributed by atoms with Gasteiger partial charge in [-0.1, -0.05) is 72.3 Å². The molecule has 9 saturated heterocycles. The molecule has 13 fully saturated rings. The molecule has 0 aromatic rings. The minimum absolute atomic E-state index is 0.0306. The average molecular weight is 1960 g/mol. The molecule has 0 aromatic carbocycles. The lowest BCUT2D eigenvalue weighted by Gasteiger charge is -2.72. The highest BCUT2D eigenvalue weighted by Crippen LogP contribution is 2.76. The molecular weight excluding hydrogens is 1820 g/mol. The van der Waals surface area contributed by atoms with E-state index in [2.05, 4.69) is 33.4 Å². The zero-order valence-electron chi connectivity index (χ0n) is 77.1. The third-order valence-electron chi connectivity index (χ3n) is 32.4. The number of allylic oxidation sites excluding steroid dienone is 3. The molecule has 0 spiro atoms. The Bertz CT molecular complexity index is 4060. The van der Waals surface area contributed by atoms with Crippen LogP contribution in [-0.4, -0.2) is 474 Å². The molecule has 51 unspecified atom stereocenters. The molecule has 780 valence electrons. The van der Waals surface area contributed by atoms with E-state index in [-0.39, 0.29) is 43.1 Å². The topological polar surface area (TPSA) is 735 Å². The Balaban J connectivity index is 0.744. The summed E-state index contributed by atoms with van der Waals surface area (Å²) in [5, 5.41) is 289. The van der Waals surface area contributed by atoms with Crippen molar-refractivity contribution in [3.05, 3.63) is 36.0 Å². The largest absolute Gasteiger partial charge is 0.453 e. The van der Waals surface area contributed by atoms with E-state index in [0.29, 0.717) is 32.1 Å². The Kier molecular flexibility index (Phi) is 33.8. The fourth-order valence-electron chi connectivity index (χ4n) is 23.5. The molecule has 14 rings (SSSR count). The Morgan fingerprint density at radius 2 is 0.934 bits per heavy atom. The van der Waals surface area contributed by atoms with Crippen LogP contribution in [0.1, 0.15) is 127 Å². The van der Waals surface area contributed by atoms with E-state index in [1.807, 2.05) is 27.7 Å². The van der Waals surface area contributed by atoms with Crippen LogP contribution in [0.25, 0.3) is 0 Å². The number of carbonyl (C=O) groups is 2. The molecule has 136 heavy (non-hydrogen) atoms. The molecule has 51 atom stereocenters. The van der Waals surface area contributed by atoms with Gasteiger partial charge in [0.15, 0.2) is 62.5 Å². The molecule has 9 heterocycles. The van der Waals surface area contributed by atoms with Crippen molar-refractivity contribution in [2.75, 3.05) is 59.5 Å². The van der Waals surface area contributed by atoms with Gasteiger partial charge in [-0.15, -0.1) is 6.58 Å². The predicted octanol–water partition coefficient (Wildman–Crippen LogP) is -9.56. The van der Waals surface area contributed by atoms with Crippen LogP contribution in [0.4, 0.5) is 0 Å². The highest BCUT2D eigenvalue weighted by atomic mass is 16.8. The Labute approximate surface area is 783 Å². The van der Waals surface area contributed by atoms with Crippen molar-refractivity contribution in [3.8, 4) is 0 Å². The molecule has 26 N–H and O–H groups in total. The Hall–Kier alpha value is -3.56. The average Bonchev–Trinajstić information content (AvgIpc) is 0.667. The van der Waals surface area contributed by atoms with Crippen LogP contribution in [0.3, 0.4) is 0 Å². The molecule has 4 saturated carbocycles. The number of hydrogen-bond donors (Lipinski definition) is 26. The second kappa shape index (κ2) is 42.5. The second-order valence-corrected chi connectivity index (χ2v) is 41.6. The van der Waals surface area contributed by atoms with Gasteiger partial charge in [0.25, 0.3) is 0 Å². The van der Waals surface area contributed by atoms with Crippen LogP contribution in [0.15, 0.2) is 36.0 Å². The lowest BCUT2D eigenvalue weighted by atomic mass is 9.33. The number of esters is 2. The quantitative estimate of drug-likeness (QED) is 0.0150. The summed E-state index contributed by atoms with van der Waals surface area (Å²) >= 11 is 0. The zero-order valence-corrected chi connectivity index (χ0v) is 77.1. The second-order valence-electron chi connectivity index (χ2n) is 41.6. The maximum atomic E-state index is 16.7. The van der Waals surface area contributed by atoms with Crippen LogP contribution in [0, 0.1) is 50.2 Å². The standard InChI is InChI=1S/C89H142O47/c1-11-85(7,136-79-66(114)59(107)54(102)41(25-91)126-79)18-12-13-33(2)72(116)131-69-57(105)44(32-122-73-64(112)58(106)53(101)40(24-90)125-73)129-81(71(69)134-76-63(111)56(104)43(30-123-76)127-77-67(115)68(39(95)29-120-77)132-74-61(109)50(98)36(92)26-118-74)135-82(117)89-23-47(96)83(3,4)21-35(89)34-14-15-46-86(8)19-17-49(84(5,6)45(86)16-20-87(46,9)88(34,10)22-48(89)97)130-78-65(113)60(108)55(103)42(128-78)31-124-80-70(52(100)38(94)28-121-80)133-75-62(110)51(99)37(93)27-119-75/h11,13-14,35-71,73-81,90-115H,1,12,15-32H2,2-10H3. The van der Waals surface area contributed by atoms with E-state index < -0.39 is 386 Å². The predicted molar refractivity (Wildman–Crippen MR) is 446 cm³/mol. The summed E-state index contributed by atoms with van der Waals surface area (Å²) in [4.78, 5) is 31.8. The van der Waals surface area contributed by atoms with Gasteiger partial charge in [-0.3, -0.25) is 4.79 Å². The summed E-state index contributed by atoms with van der Waals surface area (Å²) in [5.41, 5.74) is -7.03. The van der Waals surface area contributed by atoms with Gasteiger partial charge in [-0.2, -0.15) is 0 Å². The minimum atomic E-state index is -2.37. The minimum Gasteiger partial charge on any atom is -0.453 e. The van der Waals surface area contributed by atoms with E-state index in [9.17, 15) is 133 Å². The van der Waals surface area contributed by atoms with Gasteiger partial charge in [0.1, 0.15) is 182 Å². The van der Waals surface area contributed by atoms with E-state index in [0.717, 1.165) is 5.57 Å². The van der Waals surface area contributed by atoms with Crippen molar-refractivity contribution in [2.24, 2.45) is 50.2 Å². The van der Waals surface area contributed by atoms with Crippen LogP contribution >= 0.6 is 0 Å². The first-order valence-electron chi connectivity index (χ1n) is 46.7. The van der Waals surface area contributed by atoms with Crippen LogP contribution in [-0.2, 0) is 99.6 Å². The number of fused-ring (bicyclic) bond motifs is 7. The summed E-state index contributed by atoms with van der Waals surface area (Å²) < 4.78 is 114. The van der Waals surface area contributed by atoms with Crippen molar-refractivity contribution in [1.29, 1.82) is 0 Å². The number of aliphatic hydroxyl groups excluding tert-OH is 26. The molecule has 0 bridgehead atoms. The lowest BCUT2D eigenvalue weighted by Crippen LogP contribution is -2.69. The molecule has 0 aromatic heterocycles. The van der Waals surface area contributed by atoms with Crippen molar-refractivity contribution < 1.29 is 232 Å². The van der Waals surface area contributed by atoms with Crippen molar-refractivity contribution in [3.63, 3.8) is 0 Å². The molecule has 5 aliphatic carbocycles. The number of carbonyl (C=O) groups excluding carboxylic acids is 2. The van der Waals surface area contributed by atoms with Crippen LogP contribution < -0.4 is 0 Å².